The SMILES string of the molecule is C#CCN1CCCCC1C(=O)N1CCNCC1. The fourth-order valence-electron chi connectivity index (χ4n) is 2.67. The first-order valence-corrected chi connectivity index (χ1v) is 6.50. The molecule has 2 aliphatic rings. The minimum Gasteiger partial charge on any atom is -0.339 e. The highest BCUT2D eigenvalue weighted by Crippen LogP contribution is 2.18. The second-order valence-corrected chi connectivity index (χ2v) is 4.76. The van der Waals surface area contributed by atoms with E-state index in [1.165, 1.54) is 0 Å². The first-order chi connectivity index (χ1) is 8.33. The molecule has 2 fully saturated rings. The Labute approximate surface area is 103 Å². The minimum absolute atomic E-state index is 0.0258. The van der Waals surface area contributed by atoms with Crippen molar-refractivity contribution in [1.29, 1.82) is 0 Å². The highest BCUT2D eigenvalue weighted by Gasteiger charge is 2.31. The van der Waals surface area contributed by atoms with Crippen LogP contribution in [0.5, 0.6) is 0 Å². The second-order valence-electron chi connectivity index (χ2n) is 4.76. The Kier molecular flexibility index (Phi) is 4.41. The monoisotopic (exact) mass is 235 g/mol. The molecule has 17 heavy (non-hydrogen) atoms. The Morgan fingerprint density at radius 2 is 2.06 bits per heavy atom. The van der Waals surface area contributed by atoms with E-state index in [1.54, 1.807) is 0 Å². The molecule has 2 rings (SSSR count). The third-order valence-corrected chi connectivity index (χ3v) is 3.62. The Morgan fingerprint density at radius 3 is 2.76 bits per heavy atom. The molecule has 0 spiro atoms. The maximum Gasteiger partial charge on any atom is 0.240 e. The van der Waals surface area contributed by atoms with E-state index in [9.17, 15) is 4.79 Å². The van der Waals surface area contributed by atoms with Crippen LogP contribution in [-0.4, -0.2) is 61.0 Å². The number of terminal acetylenes is 1. The Balaban J connectivity index is 1.97. The van der Waals surface area contributed by atoms with Gasteiger partial charge in [-0.3, -0.25) is 9.69 Å². The van der Waals surface area contributed by atoms with Crippen molar-refractivity contribution in [3.05, 3.63) is 0 Å². The molecule has 2 saturated heterocycles. The van der Waals surface area contributed by atoms with E-state index in [4.69, 9.17) is 6.42 Å². The summed E-state index contributed by atoms with van der Waals surface area (Å²) >= 11 is 0. The van der Waals surface area contributed by atoms with Crippen molar-refractivity contribution in [2.24, 2.45) is 0 Å². The summed E-state index contributed by atoms with van der Waals surface area (Å²) in [4.78, 5) is 16.6. The third-order valence-electron chi connectivity index (χ3n) is 3.62. The number of nitrogens with one attached hydrogen (secondary N) is 1. The van der Waals surface area contributed by atoms with Gasteiger partial charge < -0.3 is 10.2 Å². The Hall–Kier alpha value is -1.05. The lowest BCUT2D eigenvalue weighted by Gasteiger charge is -2.38. The van der Waals surface area contributed by atoms with Gasteiger partial charge in [-0.25, -0.2) is 0 Å². The van der Waals surface area contributed by atoms with E-state index in [0.717, 1.165) is 52.0 Å². The maximum atomic E-state index is 12.4. The first-order valence-electron chi connectivity index (χ1n) is 6.50. The molecule has 0 saturated carbocycles. The predicted octanol–water partition coefficient (Wildman–Crippen LogP) is -0.0941. The summed E-state index contributed by atoms with van der Waals surface area (Å²) in [5, 5.41) is 3.27. The van der Waals surface area contributed by atoms with Gasteiger partial charge in [0.15, 0.2) is 0 Å². The van der Waals surface area contributed by atoms with Crippen LogP contribution < -0.4 is 5.32 Å². The number of carbonyl (C=O) groups excluding carboxylic acids is 1. The quantitative estimate of drug-likeness (QED) is 0.679. The van der Waals surface area contributed by atoms with Gasteiger partial charge in [0.05, 0.1) is 12.6 Å². The number of piperazine rings is 1. The topological polar surface area (TPSA) is 35.6 Å². The molecule has 1 atom stereocenters. The van der Waals surface area contributed by atoms with Crippen molar-refractivity contribution in [2.45, 2.75) is 25.3 Å². The van der Waals surface area contributed by atoms with Crippen molar-refractivity contribution in [3.8, 4) is 12.3 Å². The molecule has 0 aromatic rings. The van der Waals surface area contributed by atoms with Crippen LogP contribution in [-0.2, 0) is 4.79 Å². The van der Waals surface area contributed by atoms with Crippen LogP contribution in [0.1, 0.15) is 19.3 Å². The molecule has 0 aromatic carbocycles. The summed E-state index contributed by atoms with van der Waals surface area (Å²) < 4.78 is 0. The van der Waals surface area contributed by atoms with Gasteiger partial charge in [0.1, 0.15) is 0 Å². The van der Waals surface area contributed by atoms with Crippen molar-refractivity contribution in [3.63, 3.8) is 0 Å². The van der Waals surface area contributed by atoms with Crippen LogP contribution in [0.3, 0.4) is 0 Å². The number of likely N-dealkylation sites (tertiary alicyclic amines) is 1. The zero-order chi connectivity index (χ0) is 12.1. The summed E-state index contributed by atoms with van der Waals surface area (Å²) in [7, 11) is 0. The predicted molar refractivity (Wildman–Crippen MR) is 67.5 cm³/mol. The van der Waals surface area contributed by atoms with Gasteiger partial charge >= 0.3 is 0 Å². The van der Waals surface area contributed by atoms with E-state index in [1.807, 2.05) is 4.90 Å². The zero-order valence-corrected chi connectivity index (χ0v) is 10.3. The van der Waals surface area contributed by atoms with Gasteiger partial charge in [-0.15, -0.1) is 6.42 Å². The maximum absolute atomic E-state index is 12.4. The van der Waals surface area contributed by atoms with Crippen molar-refractivity contribution in [1.82, 2.24) is 15.1 Å². The van der Waals surface area contributed by atoms with E-state index in [-0.39, 0.29) is 11.9 Å². The number of hydrogen-bond acceptors (Lipinski definition) is 3. The number of carbonyl (C=O) groups is 1. The van der Waals surface area contributed by atoms with Crippen molar-refractivity contribution < 1.29 is 4.79 Å². The molecule has 2 aliphatic heterocycles. The van der Waals surface area contributed by atoms with Crippen molar-refractivity contribution >= 4 is 5.91 Å². The summed E-state index contributed by atoms with van der Waals surface area (Å²) in [6.45, 7) is 5.05. The van der Waals surface area contributed by atoms with E-state index in [0.29, 0.717) is 6.54 Å². The smallest absolute Gasteiger partial charge is 0.240 e. The molecular weight excluding hydrogens is 214 g/mol. The van der Waals surface area contributed by atoms with Crippen LogP contribution in [0.15, 0.2) is 0 Å². The third kappa shape index (κ3) is 2.99. The molecule has 2 heterocycles. The lowest BCUT2D eigenvalue weighted by atomic mass is 10.0. The molecule has 94 valence electrons. The normalized spacial score (nSPS) is 26.5. The molecule has 1 unspecified atom stereocenters. The molecule has 1 amide bonds. The van der Waals surface area contributed by atoms with Gasteiger partial charge in [0.25, 0.3) is 0 Å². The van der Waals surface area contributed by atoms with E-state index >= 15 is 0 Å². The van der Waals surface area contributed by atoms with Gasteiger partial charge in [0, 0.05) is 26.2 Å². The molecule has 0 aliphatic carbocycles. The van der Waals surface area contributed by atoms with Gasteiger partial charge in [-0.05, 0) is 19.4 Å². The number of piperidine rings is 1. The van der Waals surface area contributed by atoms with Gasteiger partial charge in [0.2, 0.25) is 5.91 Å². The fourth-order valence-corrected chi connectivity index (χ4v) is 2.67. The Morgan fingerprint density at radius 1 is 1.29 bits per heavy atom. The number of amides is 1. The molecule has 4 nitrogen and oxygen atoms in total. The first kappa shape index (κ1) is 12.4. The number of hydrogen-bond donors (Lipinski definition) is 1. The summed E-state index contributed by atoms with van der Waals surface area (Å²) in [6, 6.07) is 0.0258. The van der Waals surface area contributed by atoms with Crippen LogP contribution in [0.4, 0.5) is 0 Å². The zero-order valence-electron chi connectivity index (χ0n) is 10.3. The molecule has 1 N–H and O–H groups in total. The van der Waals surface area contributed by atoms with E-state index < -0.39 is 0 Å². The summed E-state index contributed by atoms with van der Waals surface area (Å²) in [5.74, 6) is 2.95. The highest BCUT2D eigenvalue weighted by molar-refractivity contribution is 5.82. The van der Waals surface area contributed by atoms with Crippen LogP contribution in [0, 0.1) is 12.3 Å². The second kappa shape index (κ2) is 6.04. The summed E-state index contributed by atoms with van der Waals surface area (Å²) in [5.41, 5.74) is 0. The van der Waals surface area contributed by atoms with Crippen LogP contribution in [0.25, 0.3) is 0 Å². The lowest BCUT2D eigenvalue weighted by molar-refractivity contribution is -0.138. The molecule has 0 aromatic heterocycles. The highest BCUT2D eigenvalue weighted by atomic mass is 16.2. The summed E-state index contributed by atoms with van der Waals surface area (Å²) in [6.07, 6.45) is 8.64. The average Bonchev–Trinajstić information content (AvgIpc) is 2.40. The van der Waals surface area contributed by atoms with Crippen LogP contribution >= 0.6 is 0 Å². The van der Waals surface area contributed by atoms with Gasteiger partial charge in [-0.1, -0.05) is 12.3 Å². The Bertz CT molecular complexity index is 304. The standard InChI is InChI=1S/C13H21N3O/c1-2-8-15-9-4-3-5-12(15)13(17)16-10-6-14-7-11-16/h1,12,14H,3-11H2. The largest absolute Gasteiger partial charge is 0.339 e. The average molecular weight is 235 g/mol. The minimum atomic E-state index is 0.0258. The molecule has 0 radical (unpaired) electrons. The molecular formula is C13H21N3O. The number of rotatable bonds is 2. The van der Waals surface area contributed by atoms with E-state index in [2.05, 4.69) is 16.1 Å². The lowest BCUT2D eigenvalue weighted by Crippen LogP contribution is -2.55. The van der Waals surface area contributed by atoms with Crippen LogP contribution in [0.2, 0.25) is 0 Å². The number of nitrogens with zero attached hydrogens (tertiary/aromatic N) is 2. The van der Waals surface area contributed by atoms with Gasteiger partial charge in [-0.2, -0.15) is 0 Å². The van der Waals surface area contributed by atoms with Crippen molar-refractivity contribution in [2.75, 3.05) is 39.3 Å². The molecule has 4 heteroatoms. The molecule has 0 bridgehead atoms. The fraction of sp³-hybridized carbons (Fsp3) is 0.769.